The van der Waals surface area contributed by atoms with Gasteiger partial charge in [-0.1, -0.05) is 20.8 Å². The number of likely N-dealkylation sites (tertiary alicyclic amines) is 1. The summed E-state index contributed by atoms with van der Waals surface area (Å²) >= 11 is 0. The van der Waals surface area contributed by atoms with Crippen molar-refractivity contribution in [2.75, 3.05) is 13.6 Å². The molecule has 0 radical (unpaired) electrons. The van der Waals surface area contributed by atoms with Crippen molar-refractivity contribution in [3.63, 3.8) is 0 Å². The zero-order chi connectivity index (χ0) is 11.6. The molecule has 1 heterocycles. The Morgan fingerprint density at radius 1 is 1.40 bits per heavy atom. The maximum absolute atomic E-state index is 11.5. The first-order chi connectivity index (χ1) is 6.86. The predicted molar refractivity (Wildman–Crippen MR) is 62.8 cm³/mol. The quantitative estimate of drug-likeness (QED) is 0.657. The van der Waals surface area contributed by atoms with Crippen LogP contribution in [0.4, 0.5) is 4.79 Å². The number of urea groups is 1. The molecule has 1 fully saturated rings. The number of rotatable bonds is 0. The SMILES string of the molecule is CNC(=O)N1CCC(C(C)(C)C)C[C@H]1C. The summed E-state index contributed by atoms with van der Waals surface area (Å²) in [6, 6.07) is 0.429. The van der Waals surface area contributed by atoms with Gasteiger partial charge in [0, 0.05) is 19.6 Å². The molecule has 88 valence electrons. The zero-order valence-corrected chi connectivity index (χ0v) is 10.6. The van der Waals surface area contributed by atoms with Crippen LogP contribution in [0.3, 0.4) is 0 Å². The Hall–Kier alpha value is -0.730. The van der Waals surface area contributed by atoms with E-state index in [1.807, 2.05) is 4.90 Å². The normalized spacial score (nSPS) is 27.7. The van der Waals surface area contributed by atoms with Crippen molar-refractivity contribution >= 4 is 6.03 Å². The standard InChI is InChI=1S/C12H24N2O/c1-9-8-10(12(2,3)4)6-7-14(9)11(15)13-5/h9-10H,6-8H2,1-5H3,(H,13,15)/t9-,10?/m1/s1. The van der Waals surface area contributed by atoms with Crippen molar-refractivity contribution < 1.29 is 4.79 Å². The Morgan fingerprint density at radius 2 is 2.00 bits per heavy atom. The molecule has 0 aliphatic carbocycles. The Bertz CT molecular complexity index is 232. The second-order valence-corrected chi connectivity index (χ2v) is 5.68. The molecule has 0 aromatic heterocycles. The minimum absolute atomic E-state index is 0.0647. The maximum atomic E-state index is 11.5. The van der Waals surface area contributed by atoms with Crippen LogP contribution in [0.1, 0.15) is 40.5 Å². The summed E-state index contributed by atoms with van der Waals surface area (Å²) in [6.45, 7) is 9.91. The molecule has 2 atom stereocenters. The fraction of sp³-hybridized carbons (Fsp3) is 0.917. The van der Waals surface area contributed by atoms with Crippen LogP contribution in [0, 0.1) is 11.3 Å². The van der Waals surface area contributed by atoms with E-state index in [0.717, 1.165) is 25.3 Å². The number of piperidine rings is 1. The molecule has 0 spiro atoms. The van der Waals surface area contributed by atoms with Crippen molar-refractivity contribution in [1.29, 1.82) is 0 Å². The highest BCUT2D eigenvalue weighted by atomic mass is 16.2. The van der Waals surface area contributed by atoms with Gasteiger partial charge in [-0.3, -0.25) is 0 Å². The first-order valence-corrected chi connectivity index (χ1v) is 5.84. The summed E-state index contributed by atoms with van der Waals surface area (Å²) in [4.78, 5) is 13.5. The summed E-state index contributed by atoms with van der Waals surface area (Å²) < 4.78 is 0. The lowest BCUT2D eigenvalue weighted by Crippen LogP contribution is -2.49. The van der Waals surface area contributed by atoms with Gasteiger partial charge in [-0.05, 0) is 31.1 Å². The van der Waals surface area contributed by atoms with Crippen molar-refractivity contribution in [2.45, 2.75) is 46.6 Å². The lowest BCUT2D eigenvalue weighted by molar-refractivity contribution is 0.0884. The third-order valence-corrected chi connectivity index (χ3v) is 3.58. The molecule has 0 aromatic carbocycles. The Balaban J connectivity index is 2.59. The van der Waals surface area contributed by atoms with Crippen molar-refractivity contribution in [3.05, 3.63) is 0 Å². The first kappa shape index (κ1) is 12.3. The van der Waals surface area contributed by atoms with Crippen LogP contribution in [0.5, 0.6) is 0 Å². The summed E-state index contributed by atoms with van der Waals surface area (Å²) in [5.41, 5.74) is 0.364. The Labute approximate surface area is 93.2 Å². The molecular formula is C12H24N2O. The molecular weight excluding hydrogens is 188 g/mol. The van der Waals surface area contributed by atoms with Gasteiger partial charge in [0.15, 0.2) is 0 Å². The molecule has 0 bridgehead atoms. The molecule has 3 nitrogen and oxygen atoms in total. The second kappa shape index (κ2) is 4.42. The van der Waals surface area contributed by atoms with E-state index in [1.54, 1.807) is 7.05 Å². The molecule has 1 unspecified atom stereocenters. The monoisotopic (exact) mass is 212 g/mol. The van der Waals surface area contributed by atoms with Crippen molar-refractivity contribution in [1.82, 2.24) is 10.2 Å². The molecule has 0 aromatic rings. The van der Waals surface area contributed by atoms with E-state index in [-0.39, 0.29) is 6.03 Å². The first-order valence-electron chi connectivity index (χ1n) is 5.84. The second-order valence-electron chi connectivity index (χ2n) is 5.68. The van der Waals surface area contributed by atoms with E-state index in [9.17, 15) is 4.79 Å². The minimum atomic E-state index is 0.0647. The fourth-order valence-electron chi connectivity index (χ4n) is 2.40. The van der Waals surface area contributed by atoms with Gasteiger partial charge in [0.05, 0.1) is 0 Å². The summed E-state index contributed by atoms with van der Waals surface area (Å²) in [5, 5.41) is 2.71. The topological polar surface area (TPSA) is 32.3 Å². The molecule has 2 amide bonds. The lowest BCUT2D eigenvalue weighted by Gasteiger charge is -2.42. The Kier molecular flexibility index (Phi) is 3.63. The number of nitrogens with zero attached hydrogens (tertiary/aromatic N) is 1. The van der Waals surface area contributed by atoms with Crippen LogP contribution in [0.25, 0.3) is 0 Å². The molecule has 1 aliphatic heterocycles. The number of hydrogen-bond donors (Lipinski definition) is 1. The van der Waals surface area contributed by atoms with E-state index >= 15 is 0 Å². The van der Waals surface area contributed by atoms with Gasteiger partial charge in [0.2, 0.25) is 0 Å². The number of carbonyl (C=O) groups excluding carboxylic acids is 1. The highest BCUT2D eigenvalue weighted by Crippen LogP contribution is 2.36. The van der Waals surface area contributed by atoms with Crippen LogP contribution < -0.4 is 5.32 Å². The number of hydrogen-bond acceptors (Lipinski definition) is 1. The average molecular weight is 212 g/mol. The fourth-order valence-corrected chi connectivity index (χ4v) is 2.40. The maximum Gasteiger partial charge on any atom is 0.317 e. The van der Waals surface area contributed by atoms with Crippen molar-refractivity contribution in [3.8, 4) is 0 Å². The van der Waals surface area contributed by atoms with Gasteiger partial charge in [-0.2, -0.15) is 0 Å². The van der Waals surface area contributed by atoms with Gasteiger partial charge in [-0.15, -0.1) is 0 Å². The van der Waals surface area contributed by atoms with Crippen molar-refractivity contribution in [2.24, 2.45) is 11.3 Å². The highest BCUT2D eigenvalue weighted by molar-refractivity contribution is 5.74. The predicted octanol–water partition coefficient (Wildman–Crippen LogP) is 2.47. The molecule has 1 N–H and O–H groups in total. The van der Waals surface area contributed by atoms with Gasteiger partial charge in [0.1, 0.15) is 0 Å². The highest BCUT2D eigenvalue weighted by Gasteiger charge is 2.34. The van der Waals surface area contributed by atoms with Gasteiger partial charge in [0.25, 0.3) is 0 Å². The molecule has 1 aliphatic rings. The van der Waals surface area contributed by atoms with Crippen LogP contribution in [-0.2, 0) is 0 Å². The lowest BCUT2D eigenvalue weighted by atomic mass is 9.73. The van der Waals surface area contributed by atoms with E-state index in [4.69, 9.17) is 0 Å². The summed E-state index contributed by atoms with van der Waals surface area (Å²) in [5.74, 6) is 0.730. The minimum Gasteiger partial charge on any atom is -0.341 e. The molecule has 0 saturated carbocycles. The van der Waals surface area contributed by atoms with E-state index in [2.05, 4.69) is 33.0 Å². The molecule has 15 heavy (non-hydrogen) atoms. The zero-order valence-electron chi connectivity index (χ0n) is 10.6. The number of amides is 2. The molecule has 1 rings (SSSR count). The molecule has 3 heteroatoms. The number of nitrogens with one attached hydrogen (secondary N) is 1. The summed E-state index contributed by atoms with van der Waals surface area (Å²) in [7, 11) is 1.70. The van der Waals surface area contributed by atoms with Crippen LogP contribution in [0.2, 0.25) is 0 Å². The Morgan fingerprint density at radius 3 is 2.40 bits per heavy atom. The van der Waals surface area contributed by atoms with Crippen LogP contribution in [0.15, 0.2) is 0 Å². The van der Waals surface area contributed by atoms with Crippen LogP contribution in [-0.4, -0.2) is 30.6 Å². The number of carbonyl (C=O) groups is 1. The van der Waals surface area contributed by atoms with Gasteiger partial charge < -0.3 is 10.2 Å². The van der Waals surface area contributed by atoms with E-state index in [0.29, 0.717) is 11.5 Å². The largest absolute Gasteiger partial charge is 0.341 e. The van der Waals surface area contributed by atoms with Gasteiger partial charge >= 0.3 is 6.03 Å². The van der Waals surface area contributed by atoms with Gasteiger partial charge in [-0.25, -0.2) is 4.79 Å². The summed E-state index contributed by atoms with van der Waals surface area (Å²) in [6.07, 6.45) is 2.25. The smallest absolute Gasteiger partial charge is 0.317 e. The van der Waals surface area contributed by atoms with Crippen LogP contribution >= 0.6 is 0 Å². The van der Waals surface area contributed by atoms with E-state index in [1.165, 1.54) is 0 Å². The molecule has 1 saturated heterocycles. The average Bonchev–Trinajstić information content (AvgIpc) is 2.15. The third-order valence-electron chi connectivity index (χ3n) is 3.58. The van der Waals surface area contributed by atoms with E-state index < -0.39 is 0 Å². The third kappa shape index (κ3) is 2.86.